The highest BCUT2D eigenvalue weighted by Gasteiger charge is 2.33. The van der Waals surface area contributed by atoms with Crippen molar-refractivity contribution in [3.63, 3.8) is 0 Å². The van der Waals surface area contributed by atoms with Crippen LogP contribution in [0.2, 0.25) is 0 Å². The molecule has 3 nitrogen and oxygen atoms in total. The van der Waals surface area contributed by atoms with E-state index in [9.17, 15) is 0 Å². The average Bonchev–Trinajstić information content (AvgIpc) is 2.47. The Bertz CT molecular complexity index is 210. The number of hydrogen-bond donors (Lipinski definition) is 0. The summed E-state index contributed by atoms with van der Waals surface area (Å²) >= 11 is 0. The van der Waals surface area contributed by atoms with Crippen LogP contribution in [0, 0.1) is 12.3 Å². The number of terminal acetylenes is 1. The number of likely N-dealkylation sites (tertiary alicyclic amines) is 1. The molecule has 0 aromatic carbocycles. The smallest absolute Gasteiger partial charge is 0.0979 e. The molecule has 1 heterocycles. The first-order chi connectivity index (χ1) is 6.67. The Morgan fingerprint density at radius 3 is 2.57 bits per heavy atom. The third kappa shape index (κ3) is 2.98. The molecular weight excluding hydrogens is 178 g/mol. The van der Waals surface area contributed by atoms with Crippen molar-refractivity contribution in [2.75, 3.05) is 26.7 Å². The van der Waals surface area contributed by atoms with Gasteiger partial charge in [-0.1, -0.05) is 5.92 Å². The van der Waals surface area contributed by atoms with Crippen LogP contribution in [0.3, 0.4) is 0 Å². The number of ether oxygens (including phenoxy) is 2. The quantitative estimate of drug-likeness (QED) is 0.621. The van der Waals surface area contributed by atoms with Crippen LogP contribution >= 0.6 is 0 Å². The van der Waals surface area contributed by atoms with Crippen LogP contribution in [-0.4, -0.2) is 50.0 Å². The van der Waals surface area contributed by atoms with Crippen LogP contribution < -0.4 is 0 Å². The number of hydrogen-bond acceptors (Lipinski definition) is 3. The summed E-state index contributed by atoms with van der Waals surface area (Å²) in [5, 5.41) is 0. The van der Waals surface area contributed by atoms with E-state index < -0.39 is 0 Å². The molecule has 1 saturated heterocycles. The molecule has 80 valence electrons. The van der Waals surface area contributed by atoms with Crippen LogP contribution in [0.1, 0.15) is 13.8 Å². The number of methoxy groups -OCH3 is 1. The zero-order valence-electron chi connectivity index (χ0n) is 9.19. The molecule has 3 heteroatoms. The minimum absolute atomic E-state index is 0.158. The maximum Gasteiger partial charge on any atom is 0.0979 e. The van der Waals surface area contributed by atoms with E-state index in [1.807, 2.05) is 13.8 Å². The molecule has 14 heavy (non-hydrogen) atoms. The van der Waals surface area contributed by atoms with Gasteiger partial charge >= 0.3 is 0 Å². The first kappa shape index (κ1) is 11.5. The third-order valence-electron chi connectivity index (χ3n) is 2.36. The molecule has 2 atom stereocenters. The van der Waals surface area contributed by atoms with Gasteiger partial charge in [-0.15, -0.1) is 6.42 Å². The summed E-state index contributed by atoms with van der Waals surface area (Å²) < 4.78 is 11.1. The summed E-state index contributed by atoms with van der Waals surface area (Å²) in [6, 6.07) is 0. The van der Waals surface area contributed by atoms with Crippen molar-refractivity contribution in [2.24, 2.45) is 0 Å². The highest BCUT2D eigenvalue weighted by atomic mass is 16.5. The van der Waals surface area contributed by atoms with Gasteiger partial charge in [-0.3, -0.25) is 4.90 Å². The van der Waals surface area contributed by atoms with Gasteiger partial charge in [-0.2, -0.15) is 0 Å². The molecule has 0 aromatic rings. The lowest BCUT2D eigenvalue weighted by molar-refractivity contribution is -0.0541. The molecule has 1 fully saturated rings. The molecule has 1 rings (SSSR count). The lowest BCUT2D eigenvalue weighted by Crippen LogP contribution is -2.31. The largest absolute Gasteiger partial charge is 0.377 e. The lowest BCUT2D eigenvalue weighted by Gasteiger charge is -2.19. The topological polar surface area (TPSA) is 21.7 Å². The van der Waals surface area contributed by atoms with Gasteiger partial charge in [0.15, 0.2) is 0 Å². The van der Waals surface area contributed by atoms with E-state index in [0.29, 0.717) is 6.54 Å². The molecule has 0 bridgehead atoms. The van der Waals surface area contributed by atoms with E-state index >= 15 is 0 Å². The Labute approximate surface area is 86.4 Å². The van der Waals surface area contributed by atoms with Gasteiger partial charge in [0.1, 0.15) is 0 Å². The fourth-order valence-electron chi connectivity index (χ4n) is 1.78. The van der Waals surface area contributed by atoms with Crippen LogP contribution in [0.5, 0.6) is 0 Å². The standard InChI is InChI=1S/C11H19NO2/c1-5-6-12-7-10(13-4)11(8-12)14-9(2)3/h1,9-11H,6-8H2,2-4H3/t10-,11-/m1/s1. The first-order valence-corrected chi connectivity index (χ1v) is 5.01. The van der Waals surface area contributed by atoms with Gasteiger partial charge in [0.2, 0.25) is 0 Å². The minimum Gasteiger partial charge on any atom is -0.377 e. The van der Waals surface area contributed by atoms with Crippen molar-refractivity contribution in [3.05, 3.63) is 0 Å². The monoisotopic (exact) mass is 197 g/mol. The van der Waals surface area contributed by atoms with Crippen molar-refractivity contribution in [3.8, 4) is 12.3 Å². The van der Waals surface area contributed by atoms with E-state index in [-0.39, 0.29) is 18.3 Å². The summed E-state index contributed by atoms with van der Waals surface area (Å²) in [6.45, 7) is 6.50. The fraction of sp³-hybridized carbons (Fsp3) is 0.818. The van der Waals surface area contributed by atoms with Gasteiger partial charge in [-0.25, -0.2) is 0 Å². The van der Waals surface area contributed by atoms with E-state index in [0.717, 1.165) is 13.1 Å². The predicted octanol–water partition coefficient (Wildman–Crippen LogP) is 0.744. The van der Waals surface area contributed by atoms with Crippen LogP contribution in [-0.2, 0) is 9.47 Å². The van der Waals surface area contributed by atoms with Gasteiger partial charge < -0.3 is 9.47 Å². The number of rotatable bonds is 4. The Hall–Kier alpha value is -0.560. The van der Waals surface area contributed by atoms with Crippen LogP contribution in [0.15, 0.2) is 0 Å². The summed E-state index contributed by atoms with van der Waals surface area (Å²) in [4.78, 5) is 2.18. The molecule has 0 N–H and O–H groups in total. The van der Waals surface area contributed by atoms with Crippen molar-refractivity contribution >= 4 is 0 Å². The molecular formula is C11H19NO2. The van der Waals surface area contributed by atoms with E-state index in [1.165, 1.54) is 0 Å². The molecule has 1 aliphatic heterocycles. The summed E-state index contributed by atoms with van der Waals surface area (Å²) in [5.74, 6) is 2.64. The highest BCUT2D eigenvalue weighted by Crippen LogP contribution is 2.17. The maximum absolute atomic E-state index is 5.76. The Balaban J connectivity index is 2.46. The molecule has 0 aliphatic carbocycles. The minimum atomic E-state index is 0.158. The van der Waals surface area contributed by atoms with Crippen molar-refractivity contribution in [2.45, 2.75) is 32.2 Å². The van der Waals surface area contributed by atoms with Crippen molar-refractivity contribution in [1.82, 2.24) is 4.90 Å². The van der Waals surface area contributed by atoms with E-state index in [2.05, 4.69) is 10.8 Å². The average molecular weight is 197 g/mol. The Kier molecular flexibility index (Phi) is 4.40. The van der Waals surface area contributed by atoms with Gasteiger partial charge in [-0.05, 0) is 13.8 Å². The summed E-state index contributed by atoms with van der Waals surface area (Å²) in [5.41, 5.74) is 0. The SMILES string of the molecule is C#CCN1C[C@@H](OC)[C@H](OC(C)C)C1. The molecule has 0 unspecified atom stereocenters. The predicted molar refractivity (Wildman–Crippen MR) is 56.1 cm³/mol. The first-order valence-electron chi connectivity index (χ1n) is 5.01. The Morgan fingerprint density at radius 1 is 1.43 bits per heavy atom. The van der Waals surface area contributed by atoms with Crippen LogP contribution in [0.25, 0.3) is 0 Å². The fourth-order valence-corrected chi connectivity index (χ4v) is 1.78. The summed E-state index contributed by atoms with van der Waals surface area (Å²) in [7, 11) is 1.72. The van der Waals surface area contributed by atoms with E-state index in [1.54, 1.807) is 7.11 Å². The van der Waals surface area contributed by atoms with Gasteiger partial charge in [0, 0.05) is 20.2 Å². The molecule has 0 amide bonds. The lowest BCUT2D eigenvalue weighted by atomic mass is 10.2. The molecule has 1 aliphatic rings. The van der Waals surface area contributed by atoms with Gasteiger partial charge in [0.25, 0.3) is 0 Å². The Morgan fingerprint density at radius 2 is 2.07 bits per heavy atom. The van der Waals surface area contributed by atoms with Crippen LogP contribution in [0.4, 0.5) is 0 Å². The van der Waals surface area contributed by atoms with Crippen molar-refractivity contribution in [1.29, 1.82) is 0 Å². The van der Waals surface area contributed by atoms with Gasteiger partial charge in [0.05, 0.1) is 24.9 Å². The molecule has 0 aromatic heterocycles. The number of nitrogens with zero attached hydrogens (tertiary/aromatic N) is 1. The second-order valence-corrected chi connectivity index (χ2v) is 3.90. The maximum atomic E-state index is 5.76. The highest BCUT2D eigenvalue weighted by molar-refractivity contribution is 4.94. The second kappa shape index (κ2) is 5.35. The molecule has 0 spiro atoms. The summed E-state index contributed by atoms with van der Waals surface area (Å²) in [6.07, 6.45) is 5.83. The normalized spacial score (nSPS) is 28.2. The van der Waals surface area contributed by atoms with E-state index in [4.69, 9.17) is 15.9 Å². The zero-order valence-corrected chi connectivity index (χ0v) is 9.19. The second-order valence-electron chi connectivity index (χ2n) is 3.90. The van der Waals surface area contributed by atoms with Crippen molar-refractivity contribution < 1.29 is 9.47 Å². The zero-order chi connectivity index (χ0) is 10.6. The molecule has 0 saturated carbocycles. The molecule has 0 radical (unpaired) electrons. The third-order valence-corrected chi connectivity index (χ3v) is 2.36.